The SMILES string of the molecule is CCc1ccc(-c2cc(C)nc(CC(C)CN)n2)cc1. The minimum Gasteiger partial charge on any atom is -0.330 e. The fraction of sp³-hybridized carbons (Fsp3) is 0.412. The third-order valence-corrected chi connectivity index (χ3v) is 3.49. The molecule has 1 heterocycles. The molecule has 1 unspecified atom stereocenters. The molecule has 1 aromatic carbocycles. The van der Waals surface area contributed by atoms with E-state index in [0.717, 1.165) is 35.6 Å². The van der Waals surface area contributed by atoms with Crippen LogP contribution in [0.4, 0.5) is 0 Å². The van der Waals surface area contributed by atoms with E-state index in [1.54, 1.807) is 0 Å². The van der Waals surface area contributed by atoms with Crippen LogP contribution in [0, 0.1) is 12.8 Å². The highest BCUT2D eigenvalue weighted by molar-refractivity contribution is 5.59. The lowest BCUT2D eigenvalue weighted by molar-refractivity contribution is 0.573. The highest BCUT2D eigenvalue weighted by atomic mass is 14.9. The molecule has 3 nitrogen and oxygen atoms in total. The number of rotatable bonds is 5. The Morgan fingerprint density at radius 3 is 2.45 bits per heavy atom. The summed E-state index contributed by atoms with van der Waals surface area (Å²) in [4.78, 5) is 9.19. The molecule has 0 amide bonds. The molecule has 0 fully saturated rings. The Kier molecular flexibility index (Phi) is 4.85. The van der Waals surface area contributed by atoms with Crippen molar-refractivity contribution in [2.45, 2.75) is 33.6 Å². The van der Waals surface area contributed by atoms with Crippen molar-refractivity contribution in [3.05, 3.63) is 47.4 Å². The van der Waals surface area contributed by atoms with Crippen LogP contribution in [0.3, 0.4) is 0 Å². The van der Waals surface area contributed by atoms with Gasteiger partial charge in [0.15, 0.2) is 0 Å². The van der Waals surface area contributed by atoms with Crippen molar-refractivity contribution in [2.75, 3.05) is 6.54 Å². The van der Waals surface area contributed by atoms with Gasteiger partial charge in [-0.25, -0.2) is 9.97 Å². The zero-order valence-electron chi connectivity index (χ0n) is 12.6. The summed E-state index contributed by atoms with van der Waals surface area (Å²) in [5.74, 6) is 1.30. The molecule has 0 radical (unpaired) electrons. The third kappa shape index (κ3) is 3.64. The molecule has 1 aromatic heterocycles. The number of nitrogens with two attached hydrogens (primary N) is 1. The third-order valence-electron chi connectivity index (χ3n) is 3.49. The number of hydrogen-bond acceptors (Lipinski definition) is 3. The van der Waals surface area contributed by atoms with Crippen LogP contribution < -0.4 is 5.73 Å². The predicted octanol–water partition coefficient (Wildman–Crippen LogP) is 3.15. The number of hydrogen-bond donors (Lipinski definition) is 1. The van der Waals surface area contributed by atoms with Crippen molar-refractivity contribution in [3.8, 4) is 11.3 Å². The molecule has 2 N–H and O–H groups in total. The molecule has 0 aliphatic carbocycles. The summed E-state index contributed by atoms with van der Waals surface area (Å²) in [6.45, 7) is 6.97. The molecule has 1 atom stereocenters. The molecule has 3 heteroatoms. The summed E-state index contributed by atoms with van der Waals surface area (Å²) in [7, 11) is 0. The van der Waals surface area contributed by atoms with E-state index < -0.39 is 0 Å². The highest BCUT2D eigenvalue weighted by Crippen LogP contribution is 2.19. The quantitative estimate of drug-likeness (QED) is 0.907. The van der Waals surface area contributed by atoms with Crippen LogP contribution in [0.2, 0.25) is 0 Å². The molecular formula is C17H23N3. The zero-order valence-corrected chi connectivity index (χ0v) is 12.6. The summed E-state index contributed by atoms with van der Waals surface area (Å²) in [5, 5.41) is 0. The largest absolute Gasteiger partial charge is 0.330 e. The average Bonchev–Trinajstić information content (AvgIpc) is 2.46. The maximum atomic E-state index is 5.68. The van der Waals surface area contributed by atoms with Crippen molar-refractivity contribution in [1.29, 1.82) is 0 Å². The molecule has 20 heavy (non-hydrogen) atoms. The molecule has 106 valence electrons. The lowest BCUT2D eigenvalue weighted by atomic mass is 10.1. The predicted molar refractivity (Wildman–Crippen MR) is 83.5 cm³/mol. The fourth-order valence-corrected chi connectivity index (χ4v) is 2.18. The van der Waals surface area contributed by atoms with Gasteiger partial charge in [0.05, 0.1) is 5.69 Å². The first kappa shape index (κ1) is 14.7. The average molecular weight is 269 g/mol. The van der Waals surface area contributed by atoms with Gasteiger partial charge in [-0.15, -0.1) is 0 Å². The lowest BCUT2D eigenvalue weighted by Crippen LogP contribution is -2.15. The molecule has 0 saturated carbocycles. The standard InChI is InChI=1S/C17H23N3/c1-4-14-5-7-15(8-6-14)16-10-13(3)19-17(20-16)9-12(2)11-18/h5-8,10,12H,4,9,11,18H2,1-3H3. The summed E-state index contributed by atoms with van der Waals surface area (Å²) >= 11 is 0. The first-order chi connectivity index (χ1) is 9.62. The molecule has 2 rings (SSSR count). The van der Waals surface area contributed by atoms with Crippen LogP contribution in [0.1, 0.15) is 30.9 Å². The van der Waals surface area contributed by atoms with E-state index >= 15 is 0 Å². The first-order valence-electron chi connectivity index (χ1n) is 7.26. The van der Waals surface area contributed by atoms with Gasteiger partial charge in [0.2, 0.25) is 0 Å². The second-order valence-electron chi connectivity index (χ2n) is 5.41. The van der Waals surface area contributed by atoms with E-state index in [0.29, 0.717) is 12.5 Å². The van der Waals surface area contributed by atoms with Gasteiger partial charge in [0.1, 0.15) is 5.82 Å². The molecule has 0 spiro atoms. The van der Waals surface area contributed by atoms with Crippen LogP contribution >= 0.6 is 0 Å². The van der Waals surface area contributed by atoms with Gasteiger partial charge in [0.25, 0.3) is 0 Å². The van der Waals surface area contributed by atoms with Crippen LogP contribution in [-0.4, -0.2) is 16.5 Å². The number of benzene rings is 1. The molecule has 0 saturated heterocycles. The molecule has 0 bridgehead atoms. The first-order valence-corrected chi connectivity index (χ1v) is 7.26. The number of aryl methyl sites for hydroxylation is 2. The van der Waals surface area contributed by atoms with Gasteiger partial charge in [-0.2, -0.15) is 0 Å². The van der Waals surface area contributed by atoms with Crippen LogP contribution in [-0.2, 0) is 12.8 Å². The topological polar surface area (TPSA) is 51.8 Å². The van der Waals surface area contributed by atoms with E-state index in [1.165, 1.54) is 5.56 Å². The molecule has 2 aromatic rings. The number of aromatic nitrogens is 2. The van der Waals surface area contributed by atoms with Gasteiger partial charge in [-0.05, 0) is 37.4 Å². The van der Waals surface area contributed by atoms with Gasteiger partial charge in [0, 0.05) is 17.7 Å². The molecule has 0 aliphatic heterocycles. The Balaban J connectivity index is 2.30. The van der Waals surface area contributed by atoms with Crippen molar-refractivity contribution < 1.29 is 0 Å². The van der Waals surface area contributed by atoms with E-state index in [9.17, 15) is 0 Å². The van der Waals surface area contributed by atoms with Crippen molar-refractivity contribution in [2.24, 2.45) is 11.7 Å². The van der Waals surface area contributed by atoms with E-state index in [2.05, 4.69) is 48.1 Å². The lowest BCUT2D eigenvalue weighted by Gasteiger charge is -2.10. The summed E-state index contributed by atoms with van der Waals surface area (Å²) in [5.41, 5.74) is 10.2. The fourth-order valence-electron chi connectivity index (χ4n) is 2.18. The van der Waals surface area contributed by atoms with E-state index in [1.807, 2.05) is 13.0 Å². The Morgan fingerprint density at radius 2 is 1.85 bits per heavy atom. The second-order valence-corrected chi connectivity index (χ2v) is 5.41. The van der Waals surface area contributed by atoms with Crippen molar-refractivity contribution in [3.63, 3.8) is 0 Å². The summed E-state index contributed by atoms with van der Waals surface area (Å²) < 4.78 is 0. The Bertz CT molecular complexity index is 561. The normalized spacial score (nSPS) is 12.4. The van der Waals surface area contributed by atoms with Gasteiger partial charge in [-0.3, -0.25) is 0 Å². The monoisotopic (exact) mass is 269 g/mol. The Morgan fingerprint density at radius 1 is 1.15 bits per heavy atom. The van der Waals surface area contributed by atoms with Crippen LogP contribution in [0.5, 0.6) is 0 Å². The van der Waals surface area contributed by atoms with E-state index in [4.69, 9.17) is 5.73 Å². The van der Waals surface area contributed by atoms with Gasteiger partial charge < -0.3 is 5.73 Å². The second kappa shape index (κ2) is 6.62. The van der Waals surface area contributed by atoms with Crippen molar-refractivity contribution in [1.82, 2.24) is 9.97 Å². The smallest absolute Gasteiger partial charge is 0.129 e. The maximum Gasteiger partial charge on any atom is 0.129 e. The number of nitrogens with zero attached hydrogens (tertiary/aromatic N) is 2. The van der Waals surface area contributed by atoms with Gasteiger partial charge in [-0.1, -0.05) is 38.1 Å². The molecule has 0 aliphatic rings. The minimum absolute atomic E-state index is 0.409. The molecular weight excluding hydrogens is 246 g/mol. The zero-order chi connectivity index (χ0) is 14.5. The van der Waals surface area contributed by atoms with Crippen molar-refractivity contribution >= 4 is 0 Å². The Hall–Kier alpha value is -1.74. The van der Waals surface area contributed by atoms with Crippen LogP contribution in [0.25, 0.3) is 11.3 Å². The maximum absolute atomic E-state index is 5.68. The highest BCUT2D eigenvalue weighted by Gasteiger charge is 2.08. The van der Waals surface area contributed by atoms with Crippen LogP contribution in [0.15, 0.2) is 30.3 Å². The Labute approximate surface area is 121 Å². The summed E-state index contributed by atoms with van der Waals surface area (Å²) in [6.07, 6.45) is 1.89. The van der Waals surface area contributed by atoms with E-state index in [-0.39, 0.29) is 0 Å². The minimum atomic E-state index is 0.409. The summed E-state index contributed by atoms with van der Waals surface area (Å²) in [6, 6.07) is 10.6. The van der Waals surface area contributed by atoms with Gasteiger partial charge >= 0.3 is 0 Å².